The molecule has 4 fully saturated rings. The number of carbonyl (C=O) groups is 4. The van der Waals surface area contributed by atoms with Crippen LogP contribution in [-0.4, -0.2) is 112 Å². The number of hydrogen-bond acceptors (Lipinski definition) is 12. The minimum atomic E-state index is -0.941. The summed E-state index contributed by atoms with van der Waals surface area (Å²) in [6.07, 6.45) is 6.79. The van der Waals surface area contributed by atoms with Crippen LogP contribution >= 0.6 is 11.6 Å². The smallest absolute Gasteiger partial charge is 0.293 e. The molecular formula is C46H52ClF2N9O7. The fraction of sp³-hybridized carbons (Fsp3) is 0.500. The second-order valence-corrected chi connectivity index (χ2v) is 18.3. The minimum absolute atomic E-state index is 0.00765. The number of carbonyl (C=O) groups excluding carboxylic acids is 4. The molecule has 1 atom stereocenters. The number of imide groups is 1. The number of rotatable bonds is 12. The maximum atomic E-state index is 16.0. The van der Waals surface area contributed by atoms with Gasteiger partial charge in [-0.05, 0) is 114 Å². The number of amides is 4. The van der Waals surface area contributed by atoms with Gasteiger partial charge in [0.25, 0.3) is 17.4 Å². The van der Waals surface area contributed by atoms with E-state index in [4.69, 9.17) is 26.1 Å². The summed E-state index contributed by atoms with van der Waals surface area (Å²) in [5, 5.41) is 9.11. The van der Waals surface area contributed by atoms with Crippen molar-refractivity contribution in [3.8, 4) is 5.75 Å². The predicted octanol–water partition coefficient (Wildman–Crippen LogP) is 5.33. The van der Waals surface area contributed by atoms with Crippen LogP contribution in [-0.2, 0) is 25.7 Å². The number of benzene rings is 2. The number of likely N-dealkylation sites (tertiary alicyclic amines) is 1. The van der Waals surface area contributed by atoms with E-state index in [0.29, 0.717) is 60.0 Å². The summed E-state index contributed by atoms with van der Waals surface area (Å²) >= 11 is 6.58. The number of piperidine rings is 3. The Morgan fingerprint density at radius 3 is 2.45 bits per heavy atom. The van der Waals surface area contributed by atoms with Gasteiger partial charge in [-0.2, -0.15) is 4.98 Å². The Morgan fingerprint density at radius 2 is 1.74 bits per heavy atom. The van der Waals surface area contributed by atoms with E-state index in [9.17, 15) is 24.0 Å². The van der Waals surface area contributed by atoms with Crippen molar-refractivity contribution >= 4 is 63.6 Å². The molecule has 4 aromatic rings. The minimum Gasteiger partial charge on any atom is -0.478 e. The molecule has 4 amide bonds. The van der Waals surface area contributed by atoms with Crippen molar-refractivity contribution in [3.63, 3.8) is 0 Å². The molecule has 3 N–H and O–H groups in total. The average molecular weight is 916 g/mol. The van der Waals surface area contributed by atoms with Crippen LogP contribution in [0, 0.1) is 11.6 Å². The first-order chi connectivity index (χ1) is 31.3. The monoisotopic (exact) mass is 915 g/mol. The van der Waals surface area contributed by atoms with Gasteiger partial charge in [0, 0.05) is 55.3 Å². The molecule has 3 saturated heterocycles. The van der Waals surface area contributed by atoms with E-state index in [1.54, 1.807) is 16.8 Å². The Bertz CT molecular complexity index is 2610. The van der Waals surface area contributed by atoms with Crippen molar-refractivity contribution in [2.24, 2.45) is 0 Å². The number of aromatic nitrogens is 3. The van der Waals surface area contributed by atoms with Crippen LogP contribution in [0.1, 0.15) is 98.7 Å². The van der Waals surface area contributed by atoms with E-state index in [1.165, 1.54) is 18.0 Å². The number of fused-ring (bicyclic) bond motifs is 2. The molecule has 0 spiro atoms. The zero-order valence-corrected chi connectivity index (χ0v) is 37.3. The van der Waals surface area contributed by atoms with E-state index in [0.717, 1.165) is 44.2 Å². The Labute approximate surface area is 379 Å². The molecule has 19 heteroatoms. The lowest BCUT2D eigenvalue weighted by Crippen LogP contribution is -2.52. The summed E-state index contributed by atoms with van der Waals surface area (Å²) in [5.74, 6) is -2.59. The topological polar surface area (TPSA) is 180 Å². The molecule has 1 saturated carbocycles. The lowest BCUT2D eigenvalue weighted by atomic mass is 9.82. The number of nitrogens with one attached hydrogen (secondary N) is 3. The molecule has 65 heavy (non-hydrogen) atoms. The third-order valence-electron chi connectivity index (χ3n) is 13.5. The summed E-state index contributed by atoms with van der Waals surface area (Å²) in [6.45, 7) is 6.25. The van der Waals surface area contributed by atoms with Gasteiger partial charge in [0.1, 0.15) is 22.7 Å². The maximum absolute atomic E-state index is 16.0. The van der Waals surface area contributed by atoms with Crippen molar-refractivity contribution in [3.05, 3.63) is 80.2 Å². The molecule has 1 unspecified atom stereocenters. The number of hydrogen-bond donors (Lipinski definition) is 3. The SMILES string of the molecule is CNC(=O)COc1cc2cc(Nc3nc(N4CCC(O[C@H]5C[C@H](N6CCC(c7cc(F)c8c(c7F)CN(C7CCC(=O)NC7=O)C8=O)CC6)C5)CC4)ncc3Cl)ccc2n(C(C)C)c1=O. The summed E-state index contributed by atoms with van der Waals surface area (Å²) in [4.78, 5) is 77.4. The van der Waals surface area contributed by atoms with E-state index >= 15 is 8.78 Å². The first-order valence-corrected chi connectivity index (χ1v) is 22.8. The summed E-state index contributed by atoms with van der Waals surface area (Å²) in [7, 11) is 1.50. The zero-order chi connectivity index (χ0) is 45.7. The van der Waals surface area contributed by atoms with Crippen LogP contribution in [0.4, 0.5) is 26.2 Å². The quantitative estimate of drug-likeness (QED) is 0.156. The standard InChI is InChI=1S/C46H52ClF2N9O7/c1-24(2)58-35-5-4-27(16-26(35)17-37(44(58)62)64-23-39(60)50-3)52-42-33(47)21-51-46(54-42)56-14-10-29(11-15-56)65-30-18-28(19-30)55-12-8-25(9-13-55)31-20-34(48)40-32(41(31)49)22-57(45(40)63)36-6-7-38(59)53-43(36)61/h4-5,16-17,20-21,24-25,28-30,36H,6-15,18-19,22-23H2,1-3H3,(H,50,60)(H,51,52,54)(H,53,59,61)/t28-,30-,36?. The van der Waals surface area contributed by atoms with Crippen LogP contribution in [0.25, 0.3) is 10.9 Å². The molecule has 4 aliphatic heterocycles. The Hall–Kier alpha value is -5.72. The van der Waals surface area contributed by atoms with Gasteiger partial charge in [-0.3, -0.25) is 29.3 Å². The van der Waals surface area contributed by atoms with E-state index in [1.807, 2.05) is 32.0 Å². The van der Waals surface area contributed by atoms with Gasteiger partial charge in [0.2, 0.25) is 17.8 Å². The fourth-order valence-corrected chi connectivity index (χ4v) is 10.1. The molecule has 0 bridgehead atoms. The molecule has 1 aliphatic carbocycles. The highest BCUT2D eigenvalue weighted by molar-refractivity contribution is 6.33. The second-order valence-electron chi connectivity index (χ2n) is 17.9. The molecule has 16 nitrogen and oxygen atoms in total. The lowest BCUT2D eigenvalue weighted by Gasteiger charge is -2.47. The maximum Gasteiger partial charge on any atom is 0.293 e. The molecular weight excluding hydrogens is 864 g/mol. The third kappa shape index (κ3) is 8.87. The highest BCUT2D eigenvalue weighted by atomic mass is 35.5. The van der Waals surface area contributed by atoms with Crippen molar-refractivity contribution in [1.82, 2.24) is 35.0 Å². The number of ether oxygens (including phenoxy) is 2. The van der Waals surface area contributed by atoms with Crippen molar-refractivity contribution < 1.29 is 37.4 Å². The number of nitrogens with zero attached hydrogens (tertiary/aromatic N) is 6. The Balaban J connectivity index is 0.753. The second kappa shape index (κ2) is 18.3. The molecule has 344 valence electrons. The van der Waals surface area contributed by atoms with E-state index in [2.05, 4.69) is 30.7 Å². The van der Waals surface area contributed by atoms with Crippen LogP contribution in [0.2, 0.25) is 5.02 Å². The van der Waals surface area contributed by atoms with Crippen LogP contribution in [0.5, 0.6) is 5.75 Å². The highest BCUT2D eigenvalue weighted by Gasteiger charge is 2.44. The van der Waals surface area contributed by atoms with Gasteiger partial charge in [0.05, 0.1) is 36.0 Å². The van der Waals surface area contributed by atoms with Crippen LogP contribution in [0.15, 0.2) is 41.3 Å². The first-order valence-electron chi connectivity index (χ1n) is 22.4. The summed E-state index contributed by atoms with van der Waals surface area (Å²) in [5.41, 5.74) is 1.04. The average Bonchev–Trinajstić information content (AvgIpc) is 3.63. The number of pyridine rings is 1. The van der Waals surface area contributed by atoms with Crippen molar-refractivity contribution in [2.75, 3.05) is 50.1 Å². The van der Waals surface area contributed by atoms with Gasteiger partial charge < -0.3 is 39.4 Å². The molecule has 5 aliphatic rings. The van der Waals surface area contributed by atoms with Gasteiger partial charge in [0.15, 0.2) is 18.2 Å². The molecule has 2 aromatic heterocycles. The Kier molecular flexibility index (Phi) is 12.5. The zero-order valence-electron chi connectivity index (χ0n) is 36.5. The molecule has 2 aromatic carbocycles. The van der Waals surface area contributed by atoms with Crippen LogP contribution < -0.4 is 31.1 Å². The largest absolute Gasteiger partial charge is 0.478 e. The van der Waals surface area contributed by atoms with Gasteiger partial charge >= 0.3 is 0 Å². The lowest BCUT2D eigenvalue weighted by molar-refractivity contribution is -0.137. The number of halogens is 3. The molecule has 0 radical (unpaired) electrons. The predicted molar refractivity (Wildman–Crippen MR) is 238 cm³/mol. The van der Waals surface area contributed by atoms with E-state index in [-0.39, 0.29) is 84.1 Å². The van der Waals surface area contributed by atoms with Crippen molar-refractivity contribution in [1.29, 1.82) is 0 Å². The third-order valence-corrected chi connectivity index (χ3v) is 13.8. The summed E-state index contributed by atoms with van der Waals surface area (Å²) < 4.78 is 45.3. The molecule has 9 rings (SSSR count). The normalized spacial score (nSPS) is 22.0. The molecule has 6 heterocycles. The van der Waals surface area contributed by atoms with Gasteiger partial charge in [-0.25, -0.2) is 13.8 Å². The highest BCUT2D eigenvalue weighted by Crippen LogP contribution is 2.40. The van der Waals surface area contributed by atoms with Crippen LogP contribution in [0.3, 0.4) is 0 Å². The number of anilines is 3. The van der Waals surface area contributed by atoms with Gasteiger partial charge in [-0.15, -0.1) is 0 Å². The van der Waals surface area contributed by atoms with Crippen molar-refractivity contribution in [2.45, 2.75) is 108 Å². The van der Waals surface area contributed by atoms with E-state index < -0.39 is 35.4 Å². The Morgan fingerprint density at radius 1 is 0.985 bits per heavy atom. The number of likely N-dealkylation sites (N-methyl/N-ethyl adjacent to an activating group) is 1. The summed E-state index contributed by atoms with van der Waals surface area (Å²) in [6, 6.07) is 7.65. The van der Waals surface area contributed by atoms with Gasteiger partial charge in [-0.1, -0.05) is 11.6 Å². The fourth-order valence-electron chi connectivity index (χ4n) is 9.95. The first kappa shape index (κ1) is 44.5.